The fourth-order valence-corrected chi connectivity index (χ4v) is 2.70. The summed E-state index contributed by atoms with van der Waals surface area (Å²) in [6.07, 6.45) is 4.58. The number of carbonyl (C=O) groups is 1. The summed E-state index contributed by atoms with van der Waals surface area (Å²) in [5.41, 5.74) is 0.824. The Kier molecular flexibility index (Phi) is 4.75. The van der Waals surface area contributed by atoms with Gasteiger partial charge in [-0.15, -0.1) is 11.8 Å². The van der Waals surface area contributed by atoms with E-state index in [1.54, 1.807) is 17.8 Å². The number of rotatable bonds is 5. The Morgan fingerprint density at radius 2 is 2.12 bits per heavy atom. The van der Waals surface area contributed by atoms with Crippen LogP contribution in [-0.2, 0) is 0 Å². The van der Waals surface area contributed by atoms with Gasteiger partial charge in [-0.05, 0) is 36.6 Å². The molecule has 25 heavy (non-hydrogen) atoms. The van der Waals surface area contributed by atoms with E-state index in [1.807, 2.05) is 24.5 Å². The highest BCUT2D eigenvalue weighted by molar-refractivity contribution is 7.98. The molecule has 0 spiro atoms. The van der Waals surface area contributed by atoms with Gasteiger partial charge in [0.25, 0.3) is 11.6 Å². The van der Waals surface area contributed by atoms with Gasteiger partial charge in [0, 0.05) is 22.2 Å². The van der Waals surface area contributed by atoms with E-state index in [4.69, 9.17) is 0 Å². The molecule has 1 aromatic heterocycles. The van der Waals surface area contributed by atoms with E-state index in [2.05, 4.69) is 15.4 Å². The number of aromatic nitrogens is 3. The molecule has 126 valence electrons. The Labute approximate surface area is 147 Å². The molecular weight excluding hydrogens is 342 g/mol. The van der Waals surface area contributed by atoms with Gasteiger partial charge in [0.15, 0.2) is 0 Å². The summed E-state index contributed by atoms with van der Waals surface area (Å²) in [7, 11) is 0. The van der Waals surface area contributed by atoms with Gasteiger partial charge >= 0.3 is 0 Å². The van der Waals surface area contributed by atoms with E-state index < -0.39 is 10.8 Å². The van der Waals surface area contributed by atoms with Gasteiger partial charge < -0.3 is 5.32 Å². The van der Waals surface area contributed by atoms with Crippen LogP contribution in [0.25, 0.3) is 5.69 Å². The minimum Gasteiger partial charge on any atom is -0.322 e. The third kappa shape index (κ3) is 3.66. The molecule has 3 rings (SSSR count). The second-order valence-electron chi connectivity index (χ2n) is 4.99. The Morgan fingerprint density at radius 1 is 1.28 bits per heavy atom. The van der Waals surface area contributed by atoms with Crippen molar-refractivity contribution in [1.82, 2.24) is 14.8 Å². The van der Waals surface area contributed by atoms with E-state index >= 15 is 0 Å². The number of nitrogens with zero attached hydrogens (tertiary/aromatic N) is 4. The minimum atomic E-state index is -0.553. The van der Waals surface area contributed by atoms with Crippen molar-refractivity contribution in [3.05, 3.63) is 70.8 Å². The molecule has 8 nitrogen and oxygen atoms in total. The number of benzene rings is 2. The molecule has 1 N–H and O–H groups in total. The van der Waals surface area contributed by atoms with E-state index in [-0.39, 0.29) is 16.9 Å². The Hall–Kier alpha value is -3.20. The number of carbonyl (C=O) groups excluding carboxylic acids is 1. The zero-order valence-electron chi connectivity index (χ0n) is 13.1. The molecule has 9 heteroatoms. The minimum absolute atomic E-state index is 0.185. The van der Waals surface area contributed by atoms with Crippen LogP contribution >= 0.6 is 11.8 Å². The zero-order chi connectivity index (χ0) is 17.8. The van der Waals surface area contributed by atoms with E-state index in [1.165, 1.54) is 35.5 Å². The molecule has 0 unspecified atom stereocenters. The predicted molar refractivity (Wildman–Crippen MR) is 94.2 cm³/mol. The van der Waals surface area contributed by atoms with Gasteiger partial charge in [0.1, 0.15) is 18.3 Å². The lowest BCUT2D eigenvalue weighted by Gasteiger charge is -2.08. The first-order chi connectivity index (χ1) is 12.1. The number of thioether (sulfide) groups is 1. The second-order valence-corrected chi connectivity index (χ2v) is 5.87. The highest BCUT2D eigenvalue weighted by Gasteiger charge is 2.19. The van der Waals surface area contributed by atoms with Crippen molar-refractivity contribution in [2.75, 3.05) is 11.6 Å². The molecule has 3 aromatic rings. The summed E-state index contributed by atoms with van der Waals surface area (Å²) in [6, 6.07) is 11.6. The number of nitro groups is 1. The van der Waals surface area contributed by atoms with E-state index in [9.17, 15) is 14.9 Å². The summed E-state index contributed by atoms with van der Waals surface area (Å²) >= 11 is 1.56. The van der Waals surface area contributed by atoms with Crippen molar-refractivity contribution in [3.8, 4) is 5.69 Å². The lowest BCUT2D eigenvalue weighted by Crippen LogP contribution is -2.13. The van der Waals surface area contributed by atoms with Gasteiger partial charge in [-0.25, -0.2) is 9.67 Å². The highest BCUT2D eigenvalue weighted by atomic mass is 32.2. The number of amides is 1. The molecule has 0 aliphatic rings. The summed E-state index contributed by atoms with van der Waals surface area (Å²) in [6.45, 7) is 0. The maximum absolute atomic E-state index is 12.4. The monoisotopic (exact) mass is 355 g/mol. The van der Waals surface area contributed by atoms with Crippen LogP contribution in [0.4, 0.5) is 11.4 Å². The molecule has 1 heterocycles. The van der Waals surface area contributed by atoms with E-state index in [0.29, 0.717) is 5.69 Å². The first kappa shape index (κ1) is 16.7. The average molecular weight is 355 g/mol. The SMILES string of the molecule is CSc1cccc(NC(=O)c2ccc(-n3cncn3)c([N+](=O)[O-])c2)c1. The number of hydrogen-bond donors (Lipinski definition) is 1. The standard InChI is InChI=1S/C16H13N5O3S/c1-25-13-4-2-3-12(8-13)19-16(22)11-5-6-14(15(7-11)21(23)24)20-10-17-9-18-20/h2-10H,1H3,(H,19,22). The first-order valence-corrected chi connectivity index (χ1v) is 8.40. The van der Waals surface area contributed by atoms with Crippen molar-refractivity contribution in [2.45, 2.75) is 4.90 Å². The Morgan fingerprint density at radius 3 is 2.80 bits per heavy atom. The zero-order valence-corrected chi connectivity index (χ0v) is 13.9. The summed E-state index contributed by atoms with van der Waals surface area (Å²) < 4.78 is 1.28. The molecule has 0 aliphatic heterocycles. The number of nitrogens with one attached hydrogen (secondary N) is 1. The van der Waals surface area contributed by atoms with E-state index in [0.717, 1.165) is 4.90 Å². The van der Waals surface area contributed by atoms with Gasteiger partial charge in [-0.3, -0.25) is 14.9 Å². The predicted octanol–water partition coefficient (Wildman–Crippen LogP) is 3.15. The van der Waals surface area contributed by atoms with Crippen molar-refractivity contribution in [3.63, 3.8) is 0 Å². The van der Waals surface area contributed by atoms with Crippen LogP contribution in [0.3, 0.4) is 0 Å². The molecule has 0 fully saturated rings. The fourth-order valence-electron chi connectivity index (χ4n) is 2.24. The van der Waals surface area contributed by atoms with Crippen molar-refractivity contribution >= 4 is 29.0 Å². The van der Waals surface area contributed by atoms with Crippen molar-refractivity contribution in [1.29, 1.82) is 0 Å². The van der Waals surface area contributed by atoms with Crippen LogP contribution in [0.2, 0.25) is 0 Å². The summed E-state index contributed by atoms with van der Waals surface area (Å²) in [4.78, 5) is 28.0. The number of anilines is 1. The molecule has 0 saturated carbocycles. The fraction of sp³-hybridized carbons (Fsp3) is 0.0625. The van der Waals surface area contributed by atoms with Gasteiger partial charge in [-0.2, -0.15) is 5.10 Å². The Balaban J connectivity index is 1.90. The van der Waals surface area contributed by atoms with Gasteiger partial charge in [-0.1, -0.05) is 6.07 Å². The molecule has 2 aromatic carbocycles. The summed E-state index contributed by atoms with van der Waals surface area (Å²) in [5.74, 6) is -0.425. The highest BCUT2D eigenvalue weighted by Crippen LogP contribution is 2.24. The van der Waals surface area contributed by atoms with Crippen LogP contribution < -0.4 is 5.32 Å². The molecule has 0 saturated heterocycles. The largest absolute Gasteiger partial charge is 0.322 e. The maximum atomic E-state index is 12.4. The smallest absolute Gasteiger partial charge is 0.295 e. The van der Waals surface area contributed by atoms with Crippen molar-refractivity contribution < 1.29 is 9.72 Å². The van der Waals surface area contributed by atoms with Gasteiger partial charge in [0.2, 0.25) is 0 Å². The molecule has 0 atom stereocenters. The number of nitro benzene ring substituents is 1. The van der Waals surface area contributed by atoms with Crippen LogP contribution in [0.5, 0.6) is 0 Å². The maximum Gasteiger partial charge on any atom is 0.295 e. The average Bonchev–Trinajstić information content (AvgIpc) is 3.15. The third-order valence-electron chi connectivity index (χ3n) is 3.43. The quantitative estimate of drug-likeness (QED) is 0.428. The number of hydrogen-bond acceptors (Lipinski definition) is 6. The lowest BCUT2D eigenvalue weighted by molar-refractivity contribution is -0.384. The molecular formula is C16H13N5O3S. The summed E-state index contributed by atoms with van der Waals surface area (Å²) in [5, 5.41) is 18.0. The molecule has 0 bridgehead atoms. The van der Waals surface area contributed by atoms with Crippen LogP contribution in [0, 0.1) is 10.1 Å². The van der Waals surface area contributed by atoms with Crippen molar-refractivity contribution in [2.24, 2.45) is 0 Å². The molecule has 0 aliphatic carbocycles. The Bertz CT molecular complexity index is 927. The topological polar surface area (TPSA) is 103 Å². The molecule has 1 amide bonds. The third-order valence-corrected chi connectivity index (χ3v) is 4.15. The lowest BCUT2D eigenvalue weighted by atomic mass is 10.1. The second kappa shape index (κ2) is 7.14. The normalized spacial score (nSPS) is 10.4. The van der Waals surface area contributed by atoms with Gasteiger partial charge in [0.05, 0.1) is 4.92 Å². The van der Waals surface area contributed by atoms with Crippen LogP contribution in [0.1, 0.15) is 10.4 Å². The molecule has 0 radical (unpaired) electrons. The van der Waals surface area contributed by atoms with Crippen LogP contribution in [-0.4, -0.2) is 31.9 Å². The first-order valence-electron chi connectivity index (χ1n) is 7.17. The van der Waals surface area contributed by atoms with Crippen LogP contribution in [0.15, 0.2) is 60.0 Å².